The number of carbonyl (C=O) groups excluding carboxylic acids is 1. The van der Waals surface area contributed by atoms with Gasteiger partial charge in [0.15, 0.2) is 0 Å². The molecule has 1 saturated carbocycles. The highest BCUT2D eigenvalue weighted by molar-refractivity contribution is 5.85. The Morgan fingerprint density at radius 3 is 2.12 bits per heavy atom. The Labute approximate surface area is 105 Å². The van der Waals surface area contributed by atoms with Crippen LogP contribution in [0.2, 0.25) is 0 Å². The van der Waals surface area contributed by atoms with Gasteiger partial charge in [-0.15, -0.1) is 12.4 Å². The number of nitrogens with one attached hydrogen (secondary N) is 1. The predicted octanol–water partition coefficient (Wildman–Crippen LogP) is 2.23. The SMILES string of the molecule is CCC(N)(CC)CNC(=O)C1(CC)CC1.Cl. The molecule has 0 aromatic rings. The molecule has 0 spiro atoms. The lowest BCUT2D eigenvalue weighted by atomic mass is 9.93. The van der Waals surface area contributed by atoms with Gasteiger partial charge in [-0.25, -0.2) is 0 Å². The minimum Gasteiger partial charge on any atom is -0.354 e. The molecule has 16 heavy (non-hydrogen) atoms. The third kappa shape index (κ3) is 3.36. The van der Waals surface area contributed by atoms with E-state index in [1.54, 1.807) is 0 Å². The summed E-state index contributed by atoms with van der Waals surface area (Å²) in [5.74, 6) is 0.210. The van der Waals surface area contributed by atoms with E-state index in [0.717, 1.165) is 32.1 Å². The molecule has 1 aliphatic rings. The van der Waals surface area contributed by atoms with Crippen LogP contribution in [0.15, 0.2) is 0 Å². The Hall–Kier alpha value is -0.280. The Morgan fingerprint density at radius 1 is 1.31 bits per heavy atom. The van der Waals surface area contributed by atoms with Crippen molar-refractivity contribution in [1.82, 2.24) is 5.32 Å². The van der Waals surface area contributed by atoms with Crippen molar-refractivity contribution >= 4 is 18.3 Å². The summed E-state index contributed by atoms with van der Waals surface area (Å²) in [4.78, 5) is 11.9. The van der Waals surface area contributed by atoms with E-state index in [2.05, 4.69) is 26.1 Å². The number of halogens is 1. The van der Waals surface area contributed by atoms with E-state index in [0.29, 0.717) is 6.54 Å². The summed E-state index contributed by atoms with van der Waals surface area (Å²) in [6, 6.07) is 0. The quantitative estimate of drug-likeness (QED) is 0.758. The van der Waals surface area contributed by atoms with Gasteiger partial charge in [0.2, 0.25) is 5.91 Å². The Kier molecular flexibility index (Phi) is 5.77. The molecule has 4 heteroatoms. The lowest BCUT2D eigenvalue weighted by Crippen LogP contribution is -2.50. The highest BCUT2D eigenvalue weighted by Gasteiger charge is 2.48. The second-order valence-corrected chi connectivity index (χ2v) is 4.89. The van der Waals surface area contributed by atoms with Crippen molar-refractivity contribution in [2.24, 2.45) is 11.1 Å². The summed E-state index contributed by atoms with van der Waals surface area (Å²) in [7, 11) is 0. The average molecular weight is 249 g/mol. The molecule has 0 atom stereocenters. The van der Waals surface area contributed by atoms with Gasteiger partial charge in [-0.3, -0.25) is 4.79 Å². The van der Waals surface area contributed by atoms with Gasteiger partial charge in [-0.1, -0.05) is 20.8 Å². The monoisotopic (exact) mass is 248 g/mol. The first-order chi connectivity index (χ1) is 7.02. The van der Waals surface area contributed by atoms with Crippen LogP contribution in [-0.4, -0.2) is 18.0 Å². The summed E-state index contributed by atoms with van der Waals surface area (Å²) in [5.41, 5.74) is 5.87. The van der Waals surface area contributed by atoms with Gasteiger partial charge in [-0.05, 0) is 32.1 Å². The van der Waals surface area contributed by atoms with E-state index in [4.69, 9.17) is 5.73 Å². The normalized spacial score (nSPS) is 17.5. The van der Waals surface area contributed by atoms with Crippen LogP contribution in [0.3, 0.4) is 0 Å². The van der Waals surface area contributed by atoms with Gasteiger partial charge in [0, 0.05) is 17.5 Å². The van der Waals surface area contributed by atoms with E-state index in [1.807, 2.05) is 0 Å². The van der Waals surface area contributed by atoms with Crippen LogP contribution in [0.4, 0.5) is 0 Å². The van der Waals surface area contributed by atoms with Gasteiger partial charge in [0.1, 0.15) is 0 Å². The lowest BCUT2D eigenvalue weighted by Gasteiger charge is -2.27. The molecule has 1 aliphatic carbocycles. The van der Waals surface area contributed by atoms with Crippen LogP contribution in [0.1, 0.15) is 52.9 Å². The van der Waals surface area contributed by atoms with Crippen LogP contribution in [0, 0.1) is 5.41 Å². The fourth-order valence-electron chi connectivity index (χ4n) is 1.84. The number of hydrogen-bond donors (Lipinski definition) is 2. The Bertz CT molecular complexity index is 235. The van der Waals surface area contributed by atoms with Crippen molar-refractivity contribution in [3.63, 3.8) is 0 Å². The molecule has 0 aromatic heterocycles. The van der Waals surface area contributed by atoms with E-state index < -0.39 is 0 Å². The maximum absolute atomic E-state index is 11.9. The second kappa shape index (κ2) is 5.87. The van der Waals surface area contributed by atoms with E-state index >= 15 is 0 Å². The van der Waals surface area contributed by atoms with E-state index in [9.17, 15) is 4.79 Å². The van der Waals surface area contributed by atoms with Crippen molar-refractivity contribution in [2.75, 3.05) is 6.54 Å². The molecule has 0 heterocycles. The predicted molar refractivity (Wildman–Crippen MR) is 69.7 cm³/mol. The van der Waals surface area contributed by atoms with Gasteiger partial charge in [-0.2, -0.15) is 0 Å². The smallest absolute Gasteiger partial charge is 0.226 e. The first kappa shape index (κ1) is 15.7. The molecule has 0 aromatic carbocycles. The molecular formula is C12H25ClN2O. The Balaban J connectivity index is 0.00000225. The molecule has 3 N–H and O–H groups in total. The highest BCUT2D eigenvalue weighted by Crippen LogP contribution is 2.48. The molecule has 1 amide bonds. The summed E-state index contributed by atoms with van der Waals surface area (Å²) in [6.45, 7) is 6.84. The zero-order chi connectivity index (χ0) is 11.5. The first-order valence-corrected chi connectivity index (χ1v) is 6.09. The molecular weight excluding hydrogens is 224 g/mol. The molecule has 0 radical (unpaired) electrons. The molecule has 0 aliphatic heterocycles. The molecule has 0 bridgehead atoms. The number of amides is 1. The van der Waals surface area contributed by atoms with E-state index in [1.165, 1.54) is 0 Å². The van der Waals surface area contributed by atoms with E-state index in [-0.39, 0.29) is 29.3 Å². The van der Waals surface area contributed by atoms with Crippen molar-refractivity contribution in [2.45, 2.75) is 58.4 Å². The third-order valence-corrected chi connectivity index (χ3v) is 4.02. The molecule has 1 rings (SSSR count). The zero-order valence-corrected chi connectivity index (χ0v) is 11.5. The second-order valence-electron chi connectivity index (χ2n) is 4.89. The van der Waals surface area contributed by atoms with Crippen molar-refractivity contribution in [3.05, 3.63) is 0 Å². The van der Waals surface area contributed by atoms with Crippen LogP contribution in [0.5, 0.6) is 0 Å². The van der Waals surface area contributed by atoms with Crippen molar-refractivity contribution < 1.29 is 4.79 Å². The van der Waals surface area contributed by atoms with Gasteiger partial charge in [0.25, 0.3) is 0 Å². The highest BCUT2D eigenvalue weighted by atomic mass is 35.5. The largest absolute Gasteiger partial charge is 0.354 e. The molecule has 1 fully saturated rings. The number of carbonyl (C=O) groups is 1. The standard InChI is InChI=1S/C12H24N2O.ClH/c1-4-11(7-8-11)10(15)14-9-12(13,5-2)6-3;/h4-9,13H2,1-3H3,(H,14,15);1H. The summed E-state index contributed by atoms with van der Waals surface area (Å²) in [5, 5.41) is 3.01. The minimum absolute atomic E-state index is 0. The van der Waals surface area contributed by atoms with Crippen LogP contribution >= 0.6 is 12.4 Å². The van der Waals surface area contributed by atoms with Gasteiger partial charge < -0.3 is 11.1 Å². The van der Waals surface area contributed by atoms with Crippen LogP contribution in [0.25, 0.3) is 0 Å². The molecule has 3 nitrogen and oxygen atoms in total. The topological polar surface area (TPSA) is 55.1 Å². The summed E-state index contributed by atoms with van der Waals surface area (Å²) < 4.78 is 0. The van der Waals surface area contributed by atoms with Crippen LogP contribution in [-0.2, 0) is 4.79 Å². The minimum atomic E-state index is -0.223. The summed E-state index contributed by atoms with van der Waals surface area (Å²) >= 11 is 0. The maximum Gasteiger partial charge on any atom is 0.226 e. The molecule has 0 unspecified atom stereocenters. The third-order valence-electron chi connectivity index (χ3n) is 4.02. The number of rotatable bonds is 6. The maximum atomic E-state index is 11.9. The van der Waals surface area contributed by atoms with Crippen molar-refractivity contribution in [3.8, 4) is 0 Å². The first-order valence-electron chi connectivity index (χ1n) is 6.09. The zero-order valence-electron chi connectivity index (χ0n) is 10.6. The van der Waals surface area contributed by atoms with Crippen molar-refractivity contribution in [1.29, 1.82) is 0 Å². The fourth-order valence-corrected chi connectivity index (χ4v) is 1.84. The molecule has 0 saturated heterocycles. The van der Waals surface area contributed by atoms with Gasteiger partial charge >= 0.3 is 0 Å². The fraction of sp³-hybridized carbons (Fsp3) is 0.917. The lowest BCUT2D eigenvalue weighted by molar-refractivity contribution is -0.126. The van der Waals surface area contributed by atoms with Gasteiger partial charge in [0.05, 0.1) is 0 Å². The average Bonchev–Trinajstić information content (AvgIpc) is 3.06. The van der Waals surface area contributed by atoms with Crippen LogP contribution < -0.4 is 11.1 Å². The Morgan fingerprint density at radius 2 is 1.81 bits per heavy atom. The number of nitrogens with two attached hydrogens (primary N) is 1. The molecule has 96 valence electrons. The summed E-state index contributed by atoms with van der Waals surface area (Å²) in [6.07, 6.45) is 4.86. The number of hydrogen-bond acceptors (Lipinski definition) is 2.